The van der Waals surface area contributed by atoms with Gasteiger partial charge in [0.25, 0.3) is 0 Å². The van der Waals surface area contributed by atoms with Gasteiger partial charge in [-0.2, -0.15) is 0 Å². The minimum absolute atomic E-state index is 0.0904. The smallest absolute Gasteiger partial charge is 0.311 e. The van der Waals surface area contributed by atoms with Gasteiger partial charge in [0.05, 0.1) is 53.7 Å². The van der Waals surface area contributed by atoms with Gasteiger partial charge >= 0.3 is 5.97 Å². The Hall–Kier alpha value is -1.46. The molecule has 326 valence electrons. The molecule has 1 aromatic carbocycles. The first-order valence-electron chi connectivity index (χ1n) is 20.8. The molecule has 0 aliphatic carbocycles. The van der Waals surface area contributed by atoms with Gasteiger partial charge in [-0.3, -0.25) is 9.69 Å². The highest BCUT2D eigenvalue weighted by Gasteiger charge is 2.59. The molecule has 4 saturated heterocycles. The van der Waals surface area contributed by atoms with Crippen LogP contribution in [0.15, 0.2) is 24.3 Å². The molecule has 4 fully saturated rings. The van der Waals surface area contributed by atoms with Gasteiger partial charge in [-0.1, -0.05) is 57.5 Å². The Kier molecular flexibility index (Phi) is 14.9. The normalized spacial score (nSPS) is 44.9. The van der Waals surface area contributed by atoms with E-state index in [0.29, 0.717) is 24.4 Å². The Bertz CT molecular complexity index is 1500. The maximum atomic E-state index is 14.4. The van der Waals surface area contributed by atoms with E-state index in [4.69, 9.17) is 44.8 Å². The maximum Gasteiger partial charge on any atom is 0.311 e. The summed E-state index contributed by atoms with van der Waals surface area (Å²) in [6.07, 6.45) is -8.00. The van der Waals surface area contributed by atoms with Gasteiger partial charge in [-0.25, -0.2) is 0 Å². The molecule has 7 unspecified atom stereocenters. The van der Waals surface area contributed by atoms with Gasteiger partial charge in [0, 0.05) is 43.0 Å². The number of aliphatic hydroxyl groups is 4. The first-order chi connectivity index (χ1) is 26.6. The second-order valence-corrected chi connectivity index (χ2v) is 18.7. The predicted molar refractivity (Wildman–Crippen MR) is 213 cm³/mol. The molecule has 0 radical (unpaired) electrons. The number of likely N-dealkylation sites (N-methyl/N-ethyl adjacent to an activating group) is 1. The number of methoxy groups -OCH3 is 1. The number of nitrogens with zero attached hydrogens (tertiary/aromatic N) is 1. The molecular formula is C43H70ClNO12. The van der Waals surface area contributed by atoms with Crippen LogP contribution < -0.4 is 0 Å². The molecule has 13 nitrogen and oxygen atoms in total. The summed E-state index contributed by atoms with van der Waals surface area (Å²) >= 11 is 6.53. The SMILES string of the molecule is CC[C@@H](O)[C@@](C)(O)[C@@H]1OC(=O)[C@H](C)[C@@H](O[C@H]2CC(C)(OC)[C@@H](O)C(C)O2)[C@H](C)[C@@H](O[C@@H]2OC(C)CC(N(C)Cc3ccccc3Cl)C2O)[C@]2(C)CC(C)C(O2)[C@@H]1C. The Morgan fingerprint density at radius 1 is 1.04 bits per heavy atom. The lowest BCUT2D eigenvalue weighted by atomic mass is 9.76. The van der Waals surface area contributed by atoms with Crippen molar-refractivity contribution in [1.29, 1.82) is 0 Å². The van der Waals surface area contributed by atoms with Crippen molar-refractivity contribution < 1.29 is 58.4 Å². The van der Waals surface area contributed by atoms with Crippen molar-refractivity contribution in [2.24, 2.45) is 23.7 Å². The number of halogens is 1. The molecule has 0 aromatic heterocycles. The van der Waals surface area contributed by atoms with E-state index in [1.807, 2.05) is 59.0 Å². The van der Waals surface area contributed by atoms with Gasteiger partial charge in [-0.05, 0) is 85.4 Å². The minimum Gasteiger partial charge on any atom is -0.459 e. The third kappa shape index (κ3) is 9.55. The molecule has 4 aliphatic heterocycles. The zero-order chi connectivity index (χ0) is 42.4. The molecule has 19 atom stereocenters. The molecule has 2 bridgehead atoms. The van der Waals surface area contributed by atoms with Crippen molar-refractivity contribution in [2.45, 2.75) is 192 Å². The van der Waals surface area contributed by atoms with Crippen LogP contribution in [0, 0.1) is 23.7 Å². The monoisotopic (exact) mass is 827 g/mol. The number of cyclic esters (lactones) is 1. The van der Waals surface area contributed by atoms with Crippen LogP contribution in [0.25, 0.3) is 0 Å². The van der Waals surface area contributed by atoms with Crippen LogP contribution in [0.4, 0.5) is 0 Å². The summed E-state index contributed by atoms with van der Waals surface area (Å²) in [5.74, 6) is -2.83. The average Bonchev–Trinajstić information content (AvgIpc) is 3.48. The zero-order valence-electron chi connectivity index (χ0n) is 36.0. The van der Waals surface area contributed by atoms with Gasteiger partial charge in [-0.15, -0.1) is 0 Å². The van der Waals surface area contributed by atoms with E-state index >= 15 is 0 Å². The summed E-state index contributed by atoms with van der Waals surface area (Å²) in [5, 5.41) is 46.7. The Morgan fingerprint density at radius 2 is 1.70 bits per heavy atom. The minimum atomic E-state index is -1.81. The van der Waals surface area contributed by atoms with Gasteiger partial charge in [0.2, 0.25) is 0 Å². The van der Waals surface area contributed by atoms with E-state index in [1.165, 1.54) is 14.0 Å². The van der Waals surface area contributed by atoms with Gasteiger partial charge in [0.1, 0.15) is 23.9 Å². The van der Waals surface area contributed by atoms with Crippen LogP contribution in [-0.2, 0) is 44.5 Å². The van der Waals surface area contributed by atoms with Crippen LogP contribution in [0.3, 0.4) is 0 Å². The first kappa shape index (κ1) is 46.6. The lowest BCUT2D eigenvalue weighted by Gasteiger charge is -2.48. The molecular weight excluding hydrogens is 758 g/mol. The van der Waals surface area contributed by atoms with Crippen molar-refractivity contribution in [1.82, 2.24) is 4.90 Å². The number of carbonyl (C=O) groups excluding carboxylic acids is 1. The van der Waals surface area contributed by atoms with Crippen molar-refractivity contribution in [2.75, 3.05) is 14.2 Å². The predicted octanol–water partition coefficient (Wildman–Crippen LogP) is 4.85. The third-order valence-corrected chi connectivity index (χ3v) is 14.0. The molecule has 1 aromatic rings. The summed E-state index contributed by atoms with van der Waals surface area (Å²) in [7, 11) is 3.48. The number of esters is 1. The summed E-state index contributed by atoms with van der Waals surface area (Å²) in [6, 6.07) is 7.29. The molecule has 0 spiro atoms. The molecule has 5 rings (SSSR count). The number of hydrogen-bond acceptors (Lipinski definition) is 13. The van der Waals surface area contributed by atoms with Crippen molar-refractivity contribution in [3.63, 3.8) is 0 Å². The number of aliphatic hydroxyl groups excluding tert-OH is 3. The van der Waals surface area contributed by atoms with Crippen molar-refractivity contribution in [3.8, 4) is 0 Å². The summed E-state index contributed by atoms with van der Waals surface area (Å²) < 4.78 is 45.6. The molecule has 14 heteroatoms. The highest BCUT2D eigenvalue weighted by molar-refractivity contribution is 6.31. The second-order valence-electron chi connectivity index (χ2n) is 18.3. The van der Waals surface area contributed by atoms with Crippen molar-refractivity contribution >= 4 is 17.6 Å². The second kappa shape index (κ2) is 18.3. The largest absolute Gasteiger partial charge is 0.459 e. The van der Waals surface area contributed by atoms with E-state index in [1.54, 1.807) is 27.7 Å². The van der Waals surface area contributed by atoms with Crippen LogP contribution in [0.5, 0.6) is 0 Å². The van der Waals surface area contributed by atoms with Gasteiger partial charge < -0.3 is 53.6 Å². The fraction of sp³-hybridized carbons (Fsp3) is 0.837. The van der Waals surface area contributed by atoms with Crippen LogP contribution in [0.2, 0.25) is 5.02 Å². The van der Waals surface area contributed by atoms with Crippen LogP contribution in [-0.4, -0.2) is 136 Å². The fourth-order valence-corrected chi connectivity index (χ4v) is 10.3. The summed E-state index contributed by atoms with van der Waals surface area (Å²) in [6.45, 7) is 18.8. The molecule has 4 N–H and O–H groups in total. The lowest BCUT2D eigenvalue weighted by molar-refractivity contribution is -0.318. The fourth-order valence-electron chi connectivity index (χ4n) is 10.1. The maximum absolute atomic E-state index is 14.4. The highest BCUT2D eigenvalue weighted by atomic mass is 35.5. The highest BCUT2D eigenvalue weighted by Crippen LogP contribution is 2.48. The quantitative estimate of drug-likeness (QED) is 0.224. The molecule has 57 heavy (non-hydrogen) atoms. The molecule has 0 saturated carbocycles. The molecule has 4 heterocycles. The topological polar surface area (TPSA) is 166 Å². The Labute approximate surface area is 344 Å². The third-order valence-electron chi connectivity index (χ3n) is 13.7. The Balaban J connectivity index is 1.56. The number of benzene rings is 1. The lowest BCUT2D eigenvalue weighted by Crippen LogP contribution is -2.60. The van der Waals surface area contributed by atoms with Gasteiger partial charge in [0.15, 0.2) is 12.6 Å². The molecule has 4 aliphatic rings. The average molecular weight is 828 g/mol. The number of carbonyl (C=O) groups is 1. The van der Waals surface area contributed by atoms with Crippen LogP contribution in [0.1, 0.15) is 100 Å². The standard InChI is InChI=1S/C43H70ClNO12/c1-13-31(46)43(10,50)38-24(4)34-22(2)19-42(9,57-34)37(56-40-33(47)30(18-23(3)52-40)45(11)21-28-16-14-15-17-29(28)44)25(5)35(26(6)39(49)55-38)54-32-20-41(8,51-12)36(48)27(7)53-32/h14-17,22-27,30-38,40,46-48,50H,13,18-21H2,1-12H3/t22?,23?,24-,25-,26+,27?,30?,31+,32-,33?,34?,35-,36-,37+,38+,40-,41?,42-,43+/m0/s1. The van der Waals surface area contributed by atoms with E-state index in [2.05, 4.69) is 11.8 Å². The summed E-state index contributed by atoms with van der Waals surface area (Å²) in [5.41, 5.74) is -2.88. The zero-order valence-corrected chi connectivity index (χ0v) is 36.7. The first-order valence-corrected chi connectivity index (χ1v) is 21.2. The summed E-state index contributed by atoms with van der Waals surface area (Å²) in [4.78, 5) is 16.5. The van der Waals surface area contributed by atoms with E-state index < -0.39 is 102 Å². The van der Waals surface area contributed by atoms with E-state index in [-0.39, 0.29) is 30.9 Å². The number of rotatable bonds is 11. The number of fused-ring (bicyclic) bond motifs is 2. The number of ether oxygens (including phenoxy) is 7. The van der Waals surface area contributed by atoms with Crippen LogP contribution >= 0.6 is 11.6 Å². The Morgan fingerprint density at radius 3 is 2.33 bits per heavy atom. The van der Waals surface area contributed by atoms with E-state index in [0.717, 1.165) is 5.56 Å². The van der Waals surface area contributed by atoms with E-state index in [9.17, 15) is 25.2 Å². The van der Waals surface area contributed by atoms with Crippen molar-refractivity contribution in [3.05, 3.63) is 34.9 Å². The number of hydrogen-bond donors (Lipinski definition) is 4. The molecule has 0 amide bonds.